The number of benzene rings is 1. The van der Waals surface area contributed by atoms with Crippen LogP contribution < -0.4 is 10.1 Å². The highest BCUT2D eigenvalue weighted by atomic mass is 32.1. The number of nitrogens with zero attached hydrogens (tertiary/aromatic N) is 4. The minimum atomic E-state index is 0.421. The summed E-state index contributed by atoms with van der Waals surface area (Å²) in [6.07, 6.45) is 3.70. The molecule has 0 bridgehead atoms. The molecule has 4 rings (SSSR count). The van der Waals surface area contributed by atoms with Gasteiger partial charge in [-0.25, -0.2) is 14.6 Å². The van der Waals surface area contributed by atoms with Gasteiger partial charge < -0.3 is 10.1 Å². The third-order valence-electron chi connectivity index (χ3n) is 4.08. The molecule has 1 aliphatic rings. The van der Waals surface area contributed by atoms with Crippen molar-refractivity contribution in [3.63, 3.8) is 0 Å². The van der Waals surface area contributed by atoms with E-state index in [9.17, 15) is 0 Å². The largest absolute Gasteiger partial charge is 0.486 e. The quantitative estimate of drug-likeness (QED) is 0.746. The number of rotatable bonds is 6. The van der Waals surface area contributed by atoms with Crippen LogP contribution in [0.5, 0.6) is 5.75 Å². The average Bonchev–Trinajstić information content (AvgIpc) is 3.28. The lowest BCUT2D eigenvalue weighted by molar-refractivity contribution is 0.305. The fourth-order valence-corrected chi connectivity index (χ4v) is 3.52. The Hall–Kier alpha value is -2.25. The highest BCUT2D eigenvalue weighted by Gasteiger charge is 2.19. The molecule has 0 radical (unpaired) electrons. The van der Waals surface area contributed by atoms with E-state index in [4.69, 9.17) is 4.74 Å². The van der Waals surface area contributed by atoms with Crippen LogP contribution in [0.4, 0.5) is 0 Å². The van der Waals surface area contributed by atoms with Gasteiger partial charge in [-0.3, -0.25) is 0 Å². The van der Waals surface area contributed by atoms with Gasteiger partial charge in [-0.05, 0) is 18.6 Å². The van der Waals surface area contributed by atoms with Crippen molar-refractivity contribution in [2.45, 2.75) is 38.6 Å². The van der Waals surface area contributed by atoms with E-state index in [1.807, 2.05) is 35.0 Å². The number of aromatic nitrogens is 4. The van der Waals surface area contributed by atoms with E-state index < -0.39 is 0 Å². The van der Waals surface area contributed by atoms with Gasteiger partial charge >= 0.3 is 0 Å². The molecule has 3 heterocycles. The number of hydrogen-bond donors (Lipinski definition) is 1. The van der Waals surface area contributed by atoms with Crippen molar-refractivity contribution >= 4 is 11.3 Å². The first-order chi connectivity index (χ1) is 11.9. The van der Waals surface area contributed by atoms with E-state index in [0.29, 0.717) is 12.6 Å². The van der Waals surface area contributed by atoms with Gasteiger partial charge in [-0.2, -0.15) is 5.10 Å². The molecule has 6 nitrogen and oxygen atoms in total. The highest BCUT2D eigenvalue weighted by Crippen LogP contribution is 2.16. The second-order valence-electron chi connectivity index (χ2n) is 5.81. The van der Waals surface area contributed by atoms with Crippen LogP contribution >= 0.6 is 11.3 Å². The van der Waals surface area contributed by atoms with Crippen molar-refractivity contribution in [1.29, 1.82) is 0 Å². The molecule has 1 N–H and O–H groups in total. The molecule has 7 heteroatoms. The van der Waals surface area contributed by atoms with E-state index in [1.165, 1.54) is 0 Å². The van der Waals surface area contributed by atoms with Crippen LogP contribution in [-0.2, 0) is 26.1 Å². The lowest BCUT2D eigenvalue weighted by Crippen LogP contribution is -2.37. The van der Waals surface area contributed by atoms with Gasteiger partial charge in [0.2, 0.25) is 0 Å². The molecule has 0 amide bonds. The summed E-state index contributed by atoms with van der Waals surface area (Å²) in [6, 6.07) is 10.3. The first-order valence-electron chi connectivity index (χ1n) is 8.08. The number of thiazole rings is 1. The molecule has 0 spiro atoms. The van der Waals surface area contributed by atoms with Crippen LogP contribution in [0.2, 0.25) is 0 Å². The van der Waals surface area contributed by atoms with E-state index in [-0.39, 0.29) is 0 Å². The van der Waals surface area contributed by atoms with Gasteiger partial charge in [-0.15, -0.1) is 11.3 Å². The second kappa shape index (κ2) is 7.11. The predicted molar refractivity (Wildman–Crippen MR) is 91.9 cm³/mol. The number of para-hydroxylation sites is 1. The van der Waals surface area contributed by atoms with Crippen LogP contribution in [0.1, 0.15) is 22.9 Å². The maximum absolute atomic E-state index is 5.74. The first kappa shape index (κ1) is 15.3. The molecule has 24 heavy (non-hydrogen) atoms. The van der Waals surface area contributed by atoms with Crippen molar-refractivity contribution in [2.24, 2.45) is 0 Å². The molecule has 0 saturated carbocycles. The summed E-state index contributed by atoms with van der Waals surface area (Å²) in [5, 5.41) is 10.9. The van der Waals surface area contributed by atoms with Crippen LogP contribution in [-0.4, -0.2) is 25.8 Å². The zero-order chi connectivity index (χ0) is 16.2. The Bertz CT molecular complexity index is 785. The maximum Gasteiger partial charge on any atom is 0.140 e. The third-order valence-corrected chi connectivity index (χ3v) is 4.95. The number of aryl methyl sites for hydroxylation is 1. The number of hydrogen-bond acceptors (Lipinski definition) is 6. The molecule has 2 aromatic heterocycles. The van der Waals surface area contributed by atoms with Gasteiger partial charge in [-0.1, -0.05) is 18.2 Å². The van der Waals surface area contributed by atoms with E-state index in [2.05, 4.69) is 25.8 Å². The zero-order valence-corrected chi connectivity index (χ0v) is 14.1. The first-order valence-corrected chi connectivity index (χ1v) is 8.96. The molecule has 1 unspecified atom stereocenters. The van der Waals surface area contributed by atoms with Gasteiger partial charge in [0.25, 0.3) is 0 Å². The summed E-state index contributed by atoms with van der Waals surface area (Å²) in [5.41, 5.74) is 1.07. The molecular formula is C17H19N5OS. The minimum Gasteiger partial charge on any atom is -0.486 e. The smallest absolute Gasteiger partial charge is 0.140 e. The summed E-state index contributed by atoms with van der Waals surface area (Å²) in [6.45, 7) is 2.17. The van der Waals surface area contributed by atoms with Crippen LogP contribution in [0.25, 0.3) is 0 Å². The second-order valence-corrected chi connectivity index (χ2v) is 6.75. The van der Waals surface area contributed by atoms with E-state index in [0.717, 1.165) is 48.2 Å². The Morgan fingerprint density at radius 1 is 1.29 bits per heavy atom. The van der Waals surface area contributed by atoms with Crippen molar-refractivity contribution in [2.75, 3.05) is 0 Å². The zero-order valence-electron chi connectivity index (χ0n) is 13.3. The minimum absolute atomic E-state index is 0.421. The molecule has 3 aromatic rings. The average molecular weight is 341 g/mol. The molecular weight excluding hydrogens is 322 g/mol. The van der Waals surface area contributed by atoms with Gasteiger partial charge in [0.1, 0.15) is 29.5 Å². The van der Waals surface area contributed by atoms with Crippen molar-refractivity contribution in [3.05, 3.63) is 58.6 Å². The summed E-state index contributed by atoms with van der Waals surface area (Å²) < 4.78 is 7.73. The highest BCUT2D eigenvalue weighted by molar-refractivity contribution is 7.09. The van der Waals surface area contributed by atoms with Crippen molar-refractivity contribution < 1.29 is 4.74 Å². The Kier molecular flexibility index (Phi) is 4.53. The molecule has 1 aliphatic heterocycles. The summed E-state index contributed by atoms with van der Waals surface area (Å²) in [7, 11) is 0. The molecule has 1 atom stereocenters. The SMILES string of the molecule is c1ccc(OCc2nc(CNC3CCc4ncnn4C3)cs2)cc1. The summed E-state index contributed by atoms with van der Waals surface area (Å²) in [4.78, 5) is 8.90. The fraction of sp³-hybridized carbons (Fsp3) is 0.353. The lowest BCUT2D eigenvalue weighted by Gasteiger charge is -2.23. The predicted octanol–water partition coefficient (Wildman–Crippen LogP) is 2.42. The Morgan fingerprint density at radius 2 is 2.21 bits per heavy atom. The van der Waals surface area contributed by atoms with Crippen LogP contribution in [0, 0.1) is 0 Å². The Balaban J connectivity index is 1.27. The molecule has 124 valence electrons. The monoisotopic (exact) mass is 341 g/mol. The molecule has 0 aliphatic carbocycles. The van der Waals surface area contributed by atoms with Gasteiger partial charge in [0.05, 0.1) is 12.2 Å². The third kappa shape index (κ3) is 3.63. The maximum atomic E-state index is 5.74. The standard InChI is InChI=1S/C17H19N5OS/c1-2-4-15(5-3-1)23-10-17-21-14(11-24-17)8-18-13-6-7-16-19-12-20-22(16)9-13/h1-5,11-13,18H,6-10H2. The normalized spacial score (nSPS) is 16.8. The molecule has 0 saturated heterocycles. The van der Waals surface area contributed by atoms with Crippen LogP contribution in [0.3, 0.4) is 0 Å². The lowest BCUT2D eigenvalue weighted by atomic mass is 10.1. The van der Waals surface area contributed by atoms with E-state index in [1.54, 1.807) is 17.7 Å². The number of fused-ring (bicyclic) bond motifs is 1. The fourth-order valence-electron chi connectivity index (χ4n) is 2.81. The van der Waals surface area contributed by atoms with Crippen molar-refractivity contribution in [3.8, 4) is 5.75 Å². The van der Waals surface area contributed by atoms with Gasteiger partial charge in [0.15, 0.2) is 0 Å². The number of nitrogens with one attached hydrogen (secondary N) is 1. The van der Waals surface area contributed by atoms with E-state index >= 15 is 0 Å². The summed E-state index contributed by atoms with van der Waals surface area (Å²) in [5.74, 6) is 1.96. The Morgan fingerprint density at radius 3 is 3.12 bits per heavy atom. The molecule has 0 fully saturated rings. The van der Waals surface area contributed by atoms with Crippen LogP contribution in [0.15, 0.2) is 42.0 Å². The van der Waals surface area contributed by atoms with Gasteiger partial charge in [0, 0.05) is 24.4 Å². The topological polar surface area (TPSA) is 64.9 Å². The summed E-state index contributed by atoms with van der Waals surface area (Å²) >= 11 is 1.64. The van der Waals surface area contributed by atoms with Crippen molar-refractivity contribution in [1.82, 2.24) is 25.1 Å². The number of ether oxygens (including phenoxy) is 1. The molecule has 1 aromatic carbocycles. The Labute approximate surface area is 144 Å².